The molecule has 0 spiro atoms. The first-order chi connectivity index (χ1) is 9.61. The molecule has 0 fully saturated rings. The van der Waals surface area contributed by atoms with Crippen LogP contribution in [0, 0.1) is 0 Å². The van der Waals surface area contributed by atoms with Gasteiger partial charge in [0.05, 0.1) is 17.6 Å². The van der Waals surface area contributed by atoms with E-state index in [0.717, 1.165) is 5.56 Å². The summed E-state index contributed by atoms with van der Waals surface area (Å²) < 4.78 is 4.95. The number of carbonyl (C=O) groups excluding carboxylic acids is 1. The molecule has 0 bridgehead atoms. The summed E-state index contributed by atoms with van der Waals surface area (Å²) in [5.41, 5.74) is 2.62. The number of nitrogens with zero attached hydrogens (tertiary/aromatic N) is 2. The van der Waals surface area contributed by atoms with Crippen molar-refractivity contribution in [1.82, 2.24) is 15.0 Å². The van der Waals surface area contributed by atoms with Gasteiger partial charge in [-0.25, -0.2) is 14.8 Å². The molecule has 1 aromatic carbocycles. The maximum atomic E-state index is 11.1. The van der Waals surface area contributed by atoms with Gasteiger partial charge in [0.15, 0.2) is 5.58 Å². The Balaban J connectivity index is 2.05. The lowest BCUT2D eigenvalue weighted by Gasteiger charge is -2.02. The molecule has 0 aliphatic rings. The summed E-state index contributed by atoms with van der Waals surface area (Å²) in [5.74, 6) is 0.00431. The van der Waals surface area contributed by atoms with Gasteiger partial charge in [-0.05, 0) is 31.2 Å². The second kappa shape index (κ2) is 4.73. The first-order valence-electron chi connectivity index (χ1n) is 6.06. The molecule has 2 aromatic heterocycles. The number of nitrogens with one attached hydrogen (secondary N) is 1. The summed E-state index contributed by atoms with van der Waals surface area (Å²) >= 11 is 0. The van der Waals surface area contributed by atoms with E-state index in [-0.39, 0.29) is 12.2 Å². The highest BCUT2D eigenvalue weighted by atomic mass is 16.4. The molecule has 100 valence electrons. The van der Waals surface area contributed by atoms with Crippen molar-refractivity contribution >= 4 is 16.9 Å². The average molecular weight is 269 g/mol. The van der Waals surface area contributed by atoms with E-state index >= 15 is 0 Å². The lowest BCUT2D eigenvalue weighted by Crippen LogP contribution is -2.02. The normalized spacial score (nSPS) is 10.8. The molecule has 2 heterocycles. The Morgan fingerprint density at radius 1 is 1.35 bits per heavy atom. The van der Waals surface area contributed by atoms with Gasteiger partial charge in [0, 0.05) is 11.8 Å². The summed E-state index contributed by atoms with van der Waals surface area (Å²) in [7, 11) is 0. The fraction of sp³-hybridized carbons (Fsp3) is 0.143. The first-order valence-corrected chi connectivity index (χ1v) is 6.06. The smallest absolute Gasteiger partial charge is 0.408 e. The van der Waals surface area contributed by atoms with Crippen molar-refractivity contribution in [1.29, 1.82) is 0 Å². The molecule has 3 rings (SSSR count). The van der Waals surface area contributed by atoms with Crippen LogP contribution in [0.5, 0.6) is 0 Å². The molecule has 0 saturated carbocycles. The highest BCUT2D eigenvalue weighted by Crippen LogP contribution is 2.21. The second-order valence-corrected chi connectivity index (χ2v) is 4.46. The van der Waals surface area contributed by atoms with Crippen LogP contribution in [0.25, 0.3) is 22.4 Å². The molecule has 3 aromatic rings. The zero-order valence-corrected chi connectivity index (χ0v) is 10.7. The third-order valence-corrected chi connectivity index (χ3v) is 2.83. The van der Waals surface area contributed by atoms with Gasteiger partial charge in [0.1, 0.15) is 11.6 Å². The largest absolute Gasteiger partial charge is 0.417 e. The minimum Gasteiger partial charge on any atom is -0.408 e. The lowest BCUT2D eigenvalue weighted by molar-refractivity contribution is -0.116. The van der Waals surface area contributed by atoms with Crippen LogP contribution in [0.3, 0.4) is 0 Å². The highest BCUT2D eigenvalue weighted by molar-refractivity contribution is 5.79. The van der Waals surface area contributed by atoms with Crippen LogP contribution in [0.4, 0.5) is 0 Å². The first kappa shape index (κ1) is 12.3. The van der Waals surface area contributed by atoms with Crippen LogP contribution in [-0.2, 0) is 11.2 Å². The van der Waals surface area contributed by atoms with Crippen LogP contribution in [0.1, 0.15) is 12.7 Å². The van der Waals surface area contributed by atoms with Gasteiger partial charge in [-0.3, -0.25) is 9.78 Å². The fourth-order valence-corrected chi connectivity index (χ4v) is 1.98. The predicted octanol–water partition coefficient (Wildman–Crippen LogP) is 1.71. The number of hydrogen-bond acceptors (Lipinski definition) is 5. The molecule has 0 unspecified atom stereocenters. The van der Waals surface area contributed by atoms with Crippen molar-refractivity contribution in [3.05, 3.63) is 46.8 Å². The number of aromatic amines is 1. The molecule has 20 heavy (non-hydrogen) atoms. The standard InChI is InChI=1S/C14H11N3O3/c1-8(18)6-13-15-5-4-10(16-13)9-2-3-12-11(7-9)17-14(19)20-12/h2-5,7H,6H2,1H3,(H,17,19). The topological polar surface area (TPSA) is 88.9 Å². The van der Waals surface area contributed by atoms with Crippen molar-refractivity contribution < 1.29 is 9.21 Å². The van der Waals surface area contributed by atoms with Gasteiger partial charge in [0.25, 0.3) is 0 Å². The van der Waals surface area contributed by atoms with Crippen molar-refractivity contribution in [2.75, 3.05) is 0 Å². The van der Waals surface area contributed by atoms with E-state index in [0.29, 0.717) is 22.6 Å². The van der Waals surface area contributed by atoms with Crippen molar-refractivity contribution in [2.45, 2.75) is 13.3 Å². The third kappa shape index (κ3) is 2.35. The zero-order chi connectivity index (χ0) is 14.1. The van der Waals surface area contributed by atoms with E-state index in [1.807, 2.05) is 0 Å². The van der Waals surface area contributed by atoms with Gasteiger partial charge < -0.3 is 4.42 Å². The number of ketones is 1. The summed E-state index contributed by atoms with van der Waals surface area (Å²) in [6.45, 7) is 1.50. The van der Waals surface area contributed by atoms with Crippen LogP contribution in [0.15, 0.2) is 39.7 Å². The van der Waals surface area contributed by atoms with E-state index in [1.54, 1.807) is 30.5 Å². The minimum absolute atomic E-state index is 0.0109. The molecule has 0 aliphatic carbocycles. The van der Waals surface area contributed by atoms with Gasteiger partial charge in [0.2, 0.25) is 0 Å². The Bertz CT molecular complexity index is 848. The van der Waals surface area contributed by atoms with E-state index in [2.05, 4.69) is 15.0 Å². The van der Waals surface area contributed by atoms with Crippen LogP contribution < -0.4 is 5.76 Å². The monoisotopic (exact) mass is 269 g/mol. The number of rotatable bonds is 3. The molecule has 0 saturated heterocycles. The van der Waals surface area contributed by atoms with Crippen LogP contribution in [-0.4, -0.2) is 20.7 Å². The van der Waals surface area contributed by atoms with Gasteiger partial charge in [-0.15, -0.1) is 0 Å². The van der Waals surface area contributed by atoms with E-state index < -0.39 is 5.76 Å². The molecule has 0 radical (unpaired) electrons. The number of H-pyrrole nitrogens is 1. The zero-order valence-electron chi connectivity index (χ0n) is 10.7. The van der Waals surface area contributed by atoms with Crippen molar-refractivity contribution in [2.24, 2.45) is 0 Å². The third-order valence-electron chi connectivity index (χ3n) is 2.83. The maximum Gasteiger partial charge on any atom is 0.417 e. The highest BCUT2D eigenvalue weighted by Gasteiger charge is 2.07. The Morgan fingerprint density at radius 3 is 3.00 bits per heavy atom. The predicted molar refractivity (Wildman–Crippen MR) is 72.2 cm³/mol. The number of Topliss-reactive ketones (excluding diaryl/α,β-unsaturated/α-hetero) is 1. The molecular weight excluding hydrogens is 258 g/mol. The number of oxazole rings is 1. The van der Waals surface area contributed by atoms with Crippen molar-refractivity contribution in [3.8, 4) is 11.3 Å². The second-order valence-electron chi connectivity index (χ2n) is 4.46. The van der Waals surface area contributed by atoms with Gasteiger partial charge >= 0.3 is 5.76 Å². The maximum absolute atomic E-state index is 11.1. The minimum atomic E-state index is -0.489. The Hall–Kier alpha value is -2.76. The molecule has 0 atom stereocenters. The van der Waals surface area contributed by atoms with E-state index in [9.17, 15) is 9.59 Å². The number of benzene rings is 1. The SMILES string of the molecule is CC(=O)Cc1nccc(-c2ccc3oc(=O)[nH]c3c2)n1. The summed E-state index contributed by atoms with van der Waals surface area (Å²) in [4.78, 5) is 33.2. The molecular formula is C14H11N3O3. The number of fused-ring (bicyclic) bond motifs is 1. The van der Waals surface area contributed by atoms with Crippen LogP contribution >= 0.6 is 0 Å². The fourth-order valence-electron chi connectivity index (χ4n) is 1.98. The average Bonchev–Trinajstić information content (AvgIpc) is 2.77. The molecule has 1 N–H and O–H groups in total. The van der Waals surface area contributed by atoms with E-state index in [1.165, 1.54) is 6.92 Å². The quantitative estimate of drug-likeness (QED) is 0.781. The summed E-state index contributed by atoms with van der Waals surface area (Å²) in [5, 5.41) is 0. The number of hydrogen-bond donors (Lipinski definition) is 1. The summed E-state index contributed by atoms with van der Waals surface area (Å²) in [6, 6.07) is 7.04. The molecule has 0 aliphatic heterocycles. The Labute approximate surface area is 113 Å². The molecule has 6 nitrogen and oxygen atoms in total. The lowest BCUT2D eigenvalue weighted by atomic mass is 10.1. The number of aromatic nitrogens is 3. The van der Waals surface area contributed by atoms with Crippen LogP contribution in [0.2, 0.25) is 0 Å². The van der Waals surface area contributed by atoms with Gasteiger partial charge in [-0.2, -0.15) is 0 Å². The van der Waals surface area contributed by atoms with E-state index in [4.69, 9.17) is 4.42 Å². The molecule has 0 amide bonds. The number of carbonyl (C=O) groups is 1. The Morgan fingerprint density at radius 2 is 2.20 bits per heavy atom. The van der Waals surface area contributed by atoms with Crippen molar-refractivity contribution in [3.63, 3.8) is 0 Å². The van der Waals surface area contributed by atoms with Gasteiger partial charge in [-0.1, -0.05) is 0 Å². The molecule has 6 heteroatoms. The Kier molecular flexibility index (Phi) is 2.90. The summed E-state index contributed by atoms with van der Waals surface area (Å²) in [6.07, 6.45) is 1.82.